The van der Waals surface area contributed by atoms with Gasteiger partial charge in [0.15, 0.2) is 6.61 Å². The number of nitrogens with zero attached hydrogens (tertiary/aromatic N) is 1. The van der Waals surface area contributed by atoms with E-state index < -0.39 is 0 Å². The van der Waals surface area contributed by atoms with Crippen LogP contribution in [0.5, 0.6) is 11.5 Å². The predicted molar refractivity (Wildman–Crippen MR) is 107 cm³/mol. The normalized spacial score (nSPS) is 16.4. The van der Waals surface area contributed by atoms with Crippen LogP contribution >= 0.6 is 11.6 Å². The van der Waals surface area contributed by atoms with Gasteiger partial charge in [-0.2, -0.15) is 0 Å². The van der Waals surface area contributed by atoms with Crippen LogP contribution in [0.15, 0.2) is 48.5 Å². The fraction of sp³-hybridized carbons (Fsp3) is 0.333. The Bertz CT molecular complexity index is 843. The van der Waals surface area contributed by atoms with Crippen LogP contribution in [0.4, 0.5) is 0 Å². The lowest BCUT2D eigenvalue weighted by atomic mass is 10.1. The van der Waals surface area contributed by atoms with E-state index in [0.717, 1.165) is 12.8 Å². The molecule has 2 amide bonds. The molecule has 0 aliphatic carbocycles. The molecule has 7 heteroatoms. The number of amides is 2. The molecular formula is C21H23ClN2O4. The van der Waals surface area contributed by atoms with Crippen molar-refractivity contribution < 1.29 is 19.1 Å². The van der Waals surface area contributed by atoms with Crippen molar-refractivity contribution in [3.05, 3.63) is 59.1 Å². The SMILES string of the molecule is CNC(=O)c1cccc(OCC(=O)N2CCCC(Oc3ccccc3Cl)C2)c1. The summed E-state index contributed by atoms with van der Waals surface area (Å²) in [5.74, 6) is 0.797. The minimum absolute atomic E-state index is 0.0873. The van der Waals surface area contributed by atoms with Crippen LogP contribution in [0.2, 0.25) is 5.02 Å². The van der Waals surface area contributed by atoms with Crippen molar-refractivity contribution in [3.8, 4) is 11.5 Å². The second-order valence-corrected chi connectivity index (χ2v) is 6.96. The topological polar surface area (TPSA) is 67.9 Å². The molecule has 1 unspecified atom stereocenters. The van der Waals surface area contributed by atoms with Crippen molar-refractivity contribution in [3.63, 3.8) is 0 Å². The summed E-state index contributed by atoms with van der Waals surface area (Å²) < 4.78 is 11.6. The molecule has 2 aromatic carbocycles. The fourth-order valence-electron chi connectivity index (χ4n) is 3.09. The Morgan fingerprint density at radius 3 is 2.82 bits per heavy atom. The van der Waals surface area contributed by atoms with Crippen LogP contribution in [0.3, 0.4) is 0 Å². The summed E-state index contributed by atoms with van der Waals surface area (Å²) in [6.07, 6.45) is 1.62. The average molecular weight is 403 g/mol. The van der Waals surface area contributed by atoms with Crippen LogP contribution in [0.1, 0.15) is 23.2 Å². The second-order valence-electron chi connectivity index (χ2n) is 6.55. The Kier molecular flexibility index (Phi) is 6.76. The molecule has 0 bridgehead atoms. The van der Waals surface area contributed by atoms with Gasteiger partial charge in [-0.1, -0.05) is 29.8 Å². The van der Waals surface area contributed by atoms with E-state index in [4.69, 9.17) is 21.1 Å². The highest BCUT2D eigenvalue weighted by atomic mass is 35.5. The average Bonchev–Trinajstić information content (AvgIpc) is 2.73. The quantitative estimate of drug-likeness (QED) is 0.806. The highest BCUT2D eigenvalue weighted by Gasteiger charge is 2.25. The first kappa shape index (κ1) is 20.0. The number of rotatable bonds is 6. The highest BCUT2D eigenvalue weighted by Crippen LogP contribution is 2.26. The van der Waals surface area contributed by atoms with Crippen LogP contribution in [0, 0.1) is 0 Å². The zero-order valence-corrected chi connectivity index (χ0v) is 16.4. The van der Waals surface area contributed by atoms with Gasteiger partial charge in [0.1, 0.15) is 17.6 Å². The summed E-state index contributed by atoms with van der Waals surface area (Å²) in [6, 6.07) is 14.1. The Labute approximate surface area is 169 Å². The molecule has 1 saturated heterocycles. The lowest BCUT2D eigenvalue weighted by Gasteiger charge is -2.33. The Morgan fingerprint density at radius 2 is 2.04 bits per heavy atom. The molecular weight excluding hydrogens is 380 g/mol. The maximum atomic E-state index is 12.6. The summed E-state index contributed by atoms with van der Waals surface area (Å²) in [4.78, 5) is 26.0. The maximum Gasteiger partial charge on any atom is 0.260 e. The van der Waals surface area contributed by atoms with Crippen molar-refractivity contribution in [2.24, 2.45) is 0 Å². The van der Waals surface area contributed by atoms with Crippen LogP contribution < -0.4 is 14.8 Å². The molecule has 6 nitrogen and oxygen atoms in total. The molecule has 3 rings (SSSR count). The van der Waals surface area contributed by atoms with Crippen LogP contribution in [-0.4, -0.2) is 49.6 Å². The predicted octanol–water partition coefficient (Wildman–Crippen LogP) is 3.15. The van der Waals surface area contributed by atoms with E-state index in [1.165, 1.54) is 0 Å². The van der Waals surface area contributed by atoms with Gasteiger partial charge in [-0.05, 0) is 43.2 Å². The molecule has 28 heavy (non-hydrogen) atoms. The van der Waals surface area contributed by atoms with Gasteiger partial charge >= 0.3 is 0 Å². The molecule has 1 aliphatic rings. The summed E-state index contributed by atoms with van der Waals surface area (Å²) in [6.45, 7) is 1.07. The van der Waals surface area contributed by atoms with Crippen molar-refractivity contribution in [2.75, 3.05) is 26.7 Å². The summed E-state index contributed by atoms with van der Waals surface area (Å²) >= 11 is 6.15. The number of ether oxygens (including phenoxy) is 2. The van der Waals surface area contributed by atoms with Crippen molar-refractivity contribution >= 4 is 23.4 Å². The van der Waals surface area contributed by atoms with E-state index in [-0.39, 0.29) is 24.5 Å². The highest BCUT2D eigenvalue weighted by molar-refractivity contribution is 6.32. The molecule has 0 saturated carbocycles. The molecule has 1 heterocycles. The van der Waals surface area contributed by atoms with Crippen molar-refractivity contribution in [1.82, 2.24) is 10.2 Å². The summed E-state index contributed by atoms with van der Waals surface area (Å²) in [7, 11) is 1.57. The number of halogens is 1. The standard InChI is InChI=1S/C21H23ClN2O4/c1-23-21(26)15-6-4-7-16(12-15)27-14-20(25)24-11-5-8-17(13-24)28-19-10-3-2-9-18(19)22/h2-4,6-7,9-10,12,17H,5,8,11,13-14H2,1H3,(H,23,26). The number of hydrogen-bond acceptors (Lipinski definition) is 4. The van der Waals surface area contributed by atoms with Crippen molar-refractivity contribution in [2.45, 2.75) is 18.9 Å². The molecule has 1 atom stereocenters. The zero-order chi connectivity index (χ0) is 19.9. The van der Waals surface area contributed by atoms with E-state index in [1.807, 2.05) is 18.2 Å². The number of carbonyl (C=O) groups excluding carboxylic acids is 2. The fourth-order valence-corrected chi connectivity index (χ4v) is 3.27. The lowest BCUT2D eigenvalue weighted by Crippen LogP contribution is -2.46. The Hall–Kier alpha value is -2.73. The first-order chi connectivity index (χ1) is 13.6. The maximum absolute atomic E-state index is 12.6. The molecule has 0 aromatic heterocycles. The minimum atomic E-state index is -0.202. The monoisotopic (exact) mass is 402 g/mol. The minimum Gasteiger partial charge on any atom is -0.487 e. The second kappa shape index (κ2) is 9.46. The number of likely N-dealkylation sites (tertiary alicyclic amines) is 1. The van der Waals surface area contributed by atoms with E-state index in [2.05, 4.69) is 5.32 Å². The summed E-state index contributed by atoms with van der Waals surface area (Å²) in [5, 5.41) is 3.12. The van der Waals surface area contributed by atoms with Gasteiger partial charge in [-0.3, -0.25) is 9.59 Å². The van der Waals surface area contributed by atoms with E-state index >= 15 is 0 Å². The van der Waals surface area contributed by atoms with Gasteiger partial charge in [0.25, 0.3) is 11.8 Å². The van der Waals surface area contributed by atoms with Gasteiger partial charge in [-0.15, -0.1) is 0 Å². The molecule has 0 spiro atoms. The third kappa shape index (κ3) is 5.16. The lowest BCUT2D eigenvalue weighted by molar-refractivity contribution is -0.136. The first-order valence-electron chi connectivity index (χ1n) is 9.20. The molecule has 1 N–H and O–H groups in total. The Balaban J connectivity index is 1.54. The van der Waals surface area contributed by atoms with Gasteiger partial charge < -0.3 is 19.7 Å². The number of piperidine rings is 1. The third-order valence-corrected chi connectivity index (χ3v) is 4.86. The van der Waals surface area contributed by atoms with Gasteiger partial charge in [0.2, 0.25) is 0 Å². The smallest absolute Gasteiger partial charge is 0.260 e. The van der Waals surface area contributed by atoms with E-state index in [9.17, 15) is 9.59 Å². The van der Waals surface area contributed by atoms with E-state index in [1.54, 1.807) is 42.3 Å². The number of benzene rings is 2. The molecule has 148 valence electrons. The molecule has 1 fully saturated rings. The van der Waals surface area contributed by atoms with Gasteiger partial charge in [-0.25, -0.2) is 0 Å². The largest absolute Gasteiger partial charge is 0.487 e. The third-order valence-electron chi connectivity index (χ3n) is 4.55. The Morgan fingerprint density at radius 1 is 1.21 bits per heavy atom. The summed E-state index contributed by atoms with van der Waals surface area (Å²) in [5.41, 5.74) is 0.485. The first-order valence-corrected chi connectivity index (χ1v) is 9.58. The number of carbonyl (C=O) groups is 2. The van der Waals surface area contributed by atoms with Gasteiger partial charge in [0.05, 0.1) is 11.6 Å². The number of nitrogens with one attached hydrogen (secondary N) is 1. The number of para-hydroxylation sites is 1. The van der Waals surface area contributed by atoms with E-state index in [0.29, 0.717) is 35.2 Å². The molecule has 1 aliphatic heterocycles. The zero-order valence-electron chi connectivity index (χ0n) is 15.7. The molecule has 0 radical (unpaired) electrons. The van der Waals surface area contributed by atoms with Crippen LogP contribution in [-0.2, 0) is 4.79 Å². The van der Waals surface area contributed by atoms with Crippen molar-refractivity contribution in [1.29, 1.82) is 0 Å². The molecule has 2 aromatic rings. The van der Waals surface area contributed by atoms with Gasteiger partial charge in [0, 0.05) is 19.2 Å². The number of hydrogen-bond donors (Lipinski definition) is 1. The van der Waals surface area contributed by atoms with Crippen LogP contribution in [0.25, 0.3) is 0 Å².